The molecule has 1 aliphatic carbocycles. The average molecular weight is 295 g/mol. The van der Waals surface area contributed by atoms with Crippen LogP contribution in [-0.4, -0.2) is 55.2 Å². The maximum atomic E-state index is 12.0. The zero-order valence-corrected chi connectivity index (χ0v) is 12.7. The lowest BCUT2D eigenvalue weighted by atomic mass is 9.80. The third-order valence-electron chi connectivity index (χ3n) is 5.00. The Morgan fingerprint density at radius 2 is 2.14 bits per heavy atom. The van der Waals surface area contributed by atoms with E-state index in [-0.39, 0.29) is 17.9 Å². The van der Waals surface area contributed by atoms with Gasteiger partial charge in [0, 0.05) is 25.6 Å². The first kappa shape index (κ1) is 14.8. The zero-order valence-electron chi connectivity index (χ0n) is 12.7. The van der Waals surface area contributed by atoms with Crippen molar-refractivity contribution in [1.82, 2.24) is 15.5 Å². The number of nitrogens with zero attached hydrogens (tertiary/aromatic N) is 1. The summed E-state index contributed by atoms with van der Waals surface area (Å²) in [7, 11) is 0. The van der Waals surface area contributed by atoms with E-state index in [0.717, 1.165) is 51.6 Å². The minimum Gasteiger partial charge on any atom is -0.380 e. The molecule has 0 aromatic rings. The highest BCUT2D eigenvalue weighted by molar-refractivity contribution is 6.06. The molecular weight excluding hydrogens is 270 g/mol. The lowest BCUT2D eigenvalue weighted by Gasteiger charge is -2.39. The van der Waals surface area contributed by atoms with Crippen molar-refractivity contribution in [2.75, 3.05) is 32.8 Å². The highest BCUT2D eigenvalue weighted by Gasteiger charge is 2.48. The number of urea groups is 1. The van der Waals surface area contributed by atoms with E-state index in [2.05, 4.69) is 15.5 Å². The second-order valence-electron chi connectivity index (χ2n) is 6.77. The molecule has 0 aromatic carbocycles. The monoisotopic (exact) mass is 295 g/mol. The van der Waals surface area contributed by atoms with Gasteiger partial charge in [0.25, 0.3) is 5.91 Å². The Balaban J connectivity index is 1.48. The van der Waals surface area contributed by atoms with Crippen molar-refractivity contribution in [3.63, 3.8) is 0 Å². The molecule has 2 aliphatic heterocycles. The average Bonchev–Trinajstić information content (AvgIpc) is 3.23. The zero-order chi connectivity index (χ0) is 14.9. The van der Waals surface area contributed by atoms with Crippen LogP contribution in [0, 0.1) is 11.8 Å². The minimum atomic E-state index is -0.759. The SMILES string of the molecule is C[C@]1([C@@H]2CCCN(CCOCC3CC3)C2)NC(=O)NC1=O. The van der Waals surface area contributed by atoms with E-state index in [0.29, 0.717) is 0 Å². The van der Waals surface area contributed by atoms with E-state index in [4.69, 9.17) is 4.74 Å². The van der Waals surface area contributed by atoms with Crippen LogP contribution in [0.25, 0.3) is 0 Å². The Hall–Kier alpha value is -1.14. The molecule has 3 fully saturated rings. The highest BCUT2D eigenvalue weighted by Crippen LogP contribution is 2.30. The molecule has 2 atom stereocenters. The molecular formula is C15H25N3O3. The lowest BCUT2D eigenvalue weighted by molar-refractivity contribution is -0.126. The predicted molar refractivity (Wildman–Crippen MR) is 77.8 cm³/mol. The van der Waals surface area contributed by atoms with Crippen molar-refractivity contribution in [2.24, 2.45) is 11.8 Å². The molecule has 118 valence electrons. The topological polar surface area (TPSA) is 70.7 Å². The first-order valence-electron chi connectivity index (χ1n) is 8.01. The van der Waals surface area contributed by atoms with E-state index in [1.165, 1.54) is 12.8 Å². The molecule has 0 bridgehead atoms. The van der Waals surface area contributed by atoms with Gasteiger partial charge in [-0.15, -0.1) is 0 Å². The van der Waals surface area contributed by atoms with Crippen molar-refractivity contribution >= 4 is 11.9 Å². The third kappa shape index (κ3) is 3.37. The van der Waals surface area contributed by atoms with Crippen LogP contribution in [0.3, 0.4) is 0 Å². The molecule has 21 heavy (non-hydrogen) atoms. The number of rotatable bonds is 6. The maximum Gasteiger partial charge on any atom is 0.322 e. The summed E-state index contributed by atoms with van der Waals surface area (Å²) in [4.78, 5) is 25.8. The molecule has 0 aromatic heterocycles. The molecule has 0 unspecified atom stereocenters. The molecule has 0 spiro atoms. The Bertz CT molecular complexity index is 424. The molecule has 6 heteroatoms. The fourth-order valence-corrected chi connectivity index (χ4v) is 3.30. The summed E-state index contributed by atoms with van der Waals surface area (Å²) in [5.74, 6) is 0.779. The van der Waals surface area contributed by atoms with E-state index >= 15 is 0 Å². The fourth-order valence-electron chi connectivity index (χ4n) is 3.30. The Labute approximate surface area is 125 Å². The first-order valence-corrected chi connectivity index (χ1v) is 8.01. The van der Waals surface area contributed by atoms with Crippen molar-refractivity contribution in [3.8, 4) is 0 Å². The normalized spacial score (nSPS) is 33.9. The van der Waals surface area contributed by atoms with Crippen molar-refractivity contribution < 1.29 is 14.3 Å². The first-order chi connectivity index (χ1) is 10.1. The minimum absolute atomic E-state index is 0.168. The highest BCUT2D eigenvalue weighted by atomic mass is 16.5. The number of likely N-dealkylation sites (tertiary alicyclic amines) is 1. The number of amides is 3. The van der Waals surface area contributed by atoms with Crippen LogP contribution < -0.4 is 10.6 Å². The summed E-state index contributed by atoms with van der Waals surface area (Å²) in [6.07, 6.45) is 4.67. The fraction of sp³-hybridized carbons (Fsp3) is 0.867. The summed E-state index contributed by atoms with van der Waals surface area (Å²) < 4.78 is 5.69. The van der Waals surface area contributed by atoms with Gasteiger partial charge in [0.2, 0.25) is 0 Å². The van der Waals surface area contributed by atoms with E-state index in [9.17, 15) is 9.59 Å². The van der Waals surface area contributed by atoms with Crippen LogP contribution in [0.5, 0.6) is 0 Å². The summed E-state index contributed by atoms with van der Waals surface area (Å²) in [6, 6.07) is -0.368. The second kappa shape index (κ2) is 5.93. The van der Waals surface area contributed by atoms with E-state index in [1.54, 1.807) is 0 Å². The molecule has 2 saturated heterocycles. The van der Waals surface area contributed by atoms with Gasteiger partial charge in [0.1, 0.15) is 5.54 Å². The van der Waals surface area contributed by atoms with Crippen LogP contribution in [0.1, 0.15) is 32.6 Å². The summed E-state index contributed by atoms with van der Waals surface area (Å²) in [6.45, 7) is 6.30. The van der Waals surface area contributed by atoms with Crippen LogP contribution >= 0.6 is 0 Å². The summed E-state index contributed by atoms with van der Waals surface area (Å²) in [5.41, 5.74) is -0.759. The summed E-state index contributed by atoms with van der Waals surface area (Å²) in [5, 5.41) is 5.16. The van der Waals surface area contributed by atoms with Crippen molar-refractivity contribution in [3.05, 3.63) is 0 Å². The van der Waals surface area contributed by atoms with Crippen molar-refractivity contribution in [1.29, 1.82) is 0 Å². The number of nitrogens with one attached hydrogen (secondary N) is 2. The van der Waals surface area contributed by atoms with Gasteiger partial charge in [-0.2, -0.15) is 0 Å². The van der Waals surface area contributed by atoms with E-state index < -0.39 is 5.54 Å². The molecule has 6 nitrogen and oxygen atoms in total. The standard InChI is InChI=1S/C15H25N3O3/c1-15(13(19)16-14(20)17-15)12-3-2-6-18(9-12)7-8-21-10-11-4-5-11/h11-12H,2-10H2,1H3,(H2,16,17,19,20)/t12-,15-/m1/s1. The Morgan fingerprint density at radius 3 is 2.81 bits per heavy atom. The molecule has 3 aliphatic rings. The predicted octanol–water partition coefficient (Wildman–Crippen LogP) is 0.723. The van der Waals surface area contributed by atoms with Crippen LogP contribution in [0.15, 0.2) is 0 Å². The smallest absolute Gasteiger partial charge is 0.322 e. The van der Waals surface area contributed by atoms with Crippen molar-refractivity contribution in [2.45, 2.75) is 38.1 Å². The Morgan fingerprint density at radius 1 is 1.33 bits per heavy atom. The lowest BCUT2D eigenvalue weighted by Crippen LogP contribution is -2.56. The number of piperidine rings is 1. The quantitative estimate of drug-likeness (QED) is 0.560. The molecule has 3 rings (SSSR count). The largest absolute Gasteiger partial charge is 0.380 e. The van der Waals surface area contributed by atoms with Crippen LogP contribution in [0.2, 0.25) is 0 Å². The number of hydrogen-bond acceptors (Lipinski definition) is 4. The molecule has 3 amide bonds. The second-order valence-corrected chi connectivity index (χ2v) is 6.77. The van der Waals surface area contributed by atoms with Crippen LogP contribution in [0.4, 0.5) is 4.79 Å². The molecule has 1 saturated carbocycles. The number of imide groups is 1. The van der Waals surface area contributed by atoms with Gasteiger partial charge in [-0.1, -0.05) is 0 Å². The number of carbonyl (C=O) groups is 2. The van der Waals surface area contributed by atoms with Crippen LogP contribution in [-0.2, 0) is 9.53 Å². The molecule has 2 heterocycles. The van der Waals surface area contributed by atoms with Gasteiger partial charge >= 0.3 is 6.03 Å². The maximum absolute atomic E-state index is 12.0. The van der Waals surface area contributed by atoms with Gasteiger partial charge in [-0.25, -0.2) is 4.79 Å². The van der Waals surface area contributed by atoms with Gasteiger partial charge < -0.3 is 15.0 Å². The van der Waals surface area contributed by atoms with Gasteiger partial charge in [-0.3, -0.25) is 10.1 Å². The number of hydrogen-bond donors (Lipinski definition) is 2. The Kier molecular flexibility index (Phi) is 4.17. The van der Waals surface area contributed by atoms with E-state index in [1.807, 2.05) is 6.92 Å². The number of carbonyl (C=O) groups excluding carboxylic acids is 2. The molecule has 0 radical (unpaired) electrons. The summed E-state index contributed by atoms with van der Waals surface area (Å²) >= 11 is 0. The van der Waals surface area contributed by atoms with Gasteiger partial charge in [-0.05, 0) is 45.1 Å². The van der Waals surface area contributed by atoms with Gasteiger partial charge in [0.05, 0.1) is 6.61 Å². The number of ether oxygens (including phenoxy) is 1. The van der Waals surface area contributed by atoms with Gasteiger partial charge in [0.15, 0.2) is 0 Å². The third-order valence-corrected chi connectivity index (χ3v) is 5.00. The molecule has 2 N–H and O–H groups in total.